The molecular weight excluding hydrogens is 442 g/mol. The Morgan fingerprint density at radius 1 is 1.11 bits per heavy atom. The molecule has 1 aliphatic heterocycles. The van der Waals surface area contributed by atoms with Crippen LogP contribution in [0.25, 0.3) is 0 Å². The Hall–Kier alpha value is -4.00. The van der Waals surface area contributed by atoms with Crippen LogP contribution in [0.1, 0.15) is 44.1 Å². The number of para-hydroxylation sites is 2. The number of urea groups is 1. The highest BCUT2D eigenvalue weighted by Gasteiger charge is 2.43. The molecule has 1 aromatic heterocycles. The number of ether oxygens (including phenoxy) is 1. The summed E-state index contributed by atoms with van der Waals surface area (Å²) in [5.41, 5.74) is 3.62. The van der Waals surface area contributed by atoms with Gasteiger partial charge in [0.15, 0.2) is 5.78 Å². The van der Waals surface area contributed by atoms with Gasteiger partial charge in [-0.2, -0.15) is 0 Å². The molecule has 1 aliphatic carbocycles. The van der Waals surface area contributed by atoms with Gasteiger partial charge in [-0.05, 0) is 53.8 Å². The molecule has 2 aromatic carbocycles. The predicted octanol–water partition coefficient (Wildman–Crippen LogP) is 5.81. The van der Waals surface area contributed by atoms with Crippen molar-refractivity contribution in [3.05, 3.63) is 89.5 Å². The molecule has 3 aromatic rings. The van der Waals surface area contributed by atoms with E-state index in [0.717, 1.165) is 16.9 Å². The maximum Gasteiger partial charge on any atom is 0.323 e. The van der Waals surface area contributed by atoms with Gasteiger partial charge in [-0.15, -0.1) is 0 Å². The number of nitrogens with one attached hydrogen (secondary N) is 2. The maximum absolute atomic E-state index is 13.8. The number of nitrogens with zero attached hydrogens (tertiary/aromatic N) is 1. The Bertz CT molecular complexity index is 1280. The van der Waals surface area contributed by atoms with Crippen molar-refractivity contribution in [1.29, 1.82) is 0 Å². The molecule has 7 nitrogen and oxygen atoms in total. The highest BCUT2D eigenvalue weighted by atomic mass is 16.5. The minimum Gasteiger partial charge on any atom is -0.497 e. The van der Waals surface area contributed by atoms with E-state index >= 15 is 0 Å². The number of allylic oxidation sites excluding steroid dienone is 1. The van der Waals surface area contributed by atoms with Crippen molar-refractivity contribution in [1.82, 2.24) is 5.32 Å². The monoisotopic (exact) mass is 471 g/mol. The van der Waals surface area contributed by atoms with E-state index < -0.39 is 6.04 Å². The fraction of sp³-hybridized carbons (Fsp3) is 0.286. The third kappa shape index (κ3) is 4.41. The van der Waals surface area contributed by atoms with Crippen LogP contribution in [0.15, 0.2) is 82.6 Å². The lowest BCUT2D eigenvalue weighted by Gasteiger charge is -2.37. The lowest BCUT2D eigenvalue weighted by molar-refractivity contribution is -0.118. The molecule has 0 unspecified atom stereocenters. The predicted molar refractivity (Wildman–Crippen MR) is 134 cm³/mol. The number of Topliss-reactive ketones (excluding diaryl/α,β-unsaturated/α-hetero) is 1. The summed E-state index contributed by atoms with van der Waals surface area (Å²) in [5.74, 6) is 1.40. The van der Waals surface area contributed by atoms with E-state index in [1.807, 2.05) is 54.6 Å². The fourth-order valence-electron chi connectivity index (χ4n) is 4.97. The molecule has 0 saturated carbocycles. The molecule has 0 spiro atoms. The SMILES string of the molecule is COc1ccc([C@H]2C3=C(CC(C)(C)CC3=O)Nc3ccccc3N2C(=O)NCc2ccco2)cc1. The first-order valence-corrected chi connectivity index (χ1v) is 11.7. The number of rotatable bonds is 4. The van der Waals surface area contributed by atoms with Crippen molar-refractivity contribution in [2.75, 3.05) is 17.3 Å². The summed E-state index contributed by atoms with van der Waals surface area (Å²) < 4.78 is 10.8. The molecule has 5 rings (SSSR count). The van der Waals surface area contributed by atoms with Crippen molar-refractivity contribution in [2.45, 2.75) is 39.3 Å². The van der Waals surface area contributed by atoms with Crippen molar-refractivity contribution in [2.24, 2.45) is 5.41 Å². The fourth-order valence-corrected chi connectivity index (χ4v) is 4.97. The van der Waals surface area contributed by atoms with Crippen LogP contribution in [-0.2, 0) is 11.3 Å². The zero-order chi connectivity index (χ0) is 24.6. The van der Waals surface area contributed by atoms with Gasteiger partial charge in [-0.25, -0.2) is 4.79 Å². The van der Waals surface area contributed by atoms with E-state index in [0.29, 0.717) is 35.6 Å². The topological polar surface area (TPSA) is 83.8 Å². The average Bonchev–Trinajstić information content (AvgIpc) is 3.31. The molecule has 35 heavy (non-hydrogen) atoms. The summed E-state index contributed by atoms with van der Waals surface area (Å²) in [4.78, 5) is 29.2. The summed E-state index contributed by atoms with van der Waals surface area (Å²) in [6, 6.07) is 17.9. The minimum absolute atomic E-state index is 0.0428. The van der Waals surface area contributed by atoms with Crippen LogP contribution in [-0.4, -0.2) is 18.9 Å². The lowest BCUT2D eigenvalue weighted by Crippen LogP contribution is -2.44. The first-order valence-electron chi connectivity index (χ1n) is 11.7. The molecule has 0 saturated heterocycles. The smallest absolute Gasteiger partial charge is 0.323 e. The Morgan fingerprint density at radius 2 is 1.89 bits per heavy atom. The standard InChI is InChI=1S/C28H29N3O4/c1-28(2)15-22-25(24(32)16-28)26(18-10-12-19(34-3)13-11-18)31(23-9-5-4-8-21(23)30-22)27(33)29-17-20-7-6-14-35-20/h4-14,26,30H,15-17H2,1-3H3,(H,29,33)/t26-/m0/s1. The second-order valence-electron chi connectivity index (χ2n) is 9.76. The van der Waals surface area contributed by atoms with Crippen LogP contribution >= 0.6 is 0 Å². The first-order chi connectivity index (χ1) is 16.9. The minimum atomic E-state index is -0.604. The molecule has 2 amide bonds. The highest BCUT2D eigenvalue weighted by Crippen LogP contribution is 2.48. The number of furan rings is 1. The van der Waals surface area contributed by atoms with Gasteiger partial charge in [0.05, 0.1) is 37.3 Å². The second-order valence-corrected chi connectivity index (χ2v) is 9.76. The van der Waals surface area contributed by atoms with E-state index in [4.69, 9.17) is 9.15 Å². The van der Waals surface area contributed by atoms with Gasteiger partial charge in [-0.3, -0.25) is 9.69 Å². The van der Waals surface area contributed by atoms with Crippen LogP contribution in [0.5, 0.6) is 5.75 Å². The van der Waals surface area contributed by atoms with Crippen LogP contribution in [0.4, 0.5) is 16.2 Å². The number of hydrogen-bond acceptors (Lipinski definition) is 5. The van der Waals surface area contributed by atoms with Crippen LogP contribution in [0.3, 0.4) is 0 Å². The Balaban J connectivity index is 1.66. The summed E-state index contributed by atoms with van der Waals surface area (Å²) >= 11 is 0. The van der Waals surface area contributed by atoms with Crippen molar-refractivity contribution in [3.8, 4) is 5.75 Å². The summed E-state index contributed by atoms with van der Waals surface area (Å²) in [5, 5.41) is 6.50. The molecule has 7 heteroatoms. The van der Waals surface area contributed by atoms with Gasteiger partial charge in [0.25, 0.3) is 0 Å². The normalized spacial score (nSPS) is 18.8. The van der Waals surface area contributed by atoms with Crippen molar-refractivity contribution >= 4 is 23.2 Å². The third-order valence-corrected chi connectivity index (χ3v) is 6.55. The molecule has 0 bridgehead atoms. The Kier molecular flexibility index (Phi) is 5.84. The van der Waals surface area contributed by atoms with E-state index in [1.54, 1.807) is 24.3 Å². The van der Waals surface area contributed by atoms with Crippen molar-refractivity contribution in [3.63, 3.8) is 0 Å². The van der Waals surface area contributed by atoms with Crippen LogP contribution in [0, 0.1) is 5.41 Å². The molecule has 0 fully saturated rings. The lowest BCUT2D eigenvalue weighted by atomic mass is 9.73. The first kappa shape index (κ1) is 22.8. The quantitative estimate of drug-likeness (QED) is 0.501. The highest BCUT2D eigenvalue weighted by molar-refractivity contribution is 6.06. The van der Waals surface area contributed by atoms with Gasteiger partial charge in [0.2, 0.25) is 0 Å². The zero-order valence-electron chi connectivity index (χ0n) is 20.1. The number of ketones is 1. The van der Waals surface area contributed by atoms with Gasteiger partial charge < -0.3 is 19.8 Å². The molecule has 0 radical (unpaired) electrons. The number of amides is 2. The summed E-state index contributed by atoms with van der Waals surface area (Å²) in [7, 11) is 1.61. The molecule has 2 aliphatic rings. The van der Waals surface area contributed by atoms with E-state index in [-0.39, 0.29) is 23.8 Å². The van der Waals surface area contributed by atoms with Crippen LogP contribution in [0.2, 0.25) is 0 Å². The molecule has 1 atom stereocenters. The zero-order valence-corrected chi connectivity index (χ0v) is 20.1. The number of methoxy groups -OCH3 is 1. The summed E-state index contributed by atoms with van der Waals surface area (Å²) in [6.45, 7) is 4.44. The Morgan fingerprint density at radius 3 is 2.60 bits per heavy atom. The van der Waals surface area contributed by atoms with E-state index in [2.05, 4.69) is 24.5 Å². The molecular formula is C28H29N3O4. The summed E-state index contributed by atoms with van der Waals surface area (Å²) in [6.07, 6.45) is 2.70. The van der Waals surface area contributed by atoms with Crippen molar-refractivity contribution < 1.29 is 18.7 Å². The number of hydrogen-bond donors (Lipinski definition) is 2. The molecule has 2 heterocycles. The number of anilines is 2. The maximum atomic E-state index is 13.8. The second kappa shape index (κ2) is 8.98. The third-order valence-electron chi connectivity index (χ3n) is 6.55. The number of benzene rings is 2. The Labute approximate surface area is 204 Å². The number of carbonyl (C=O) groups excluding carboxylic acids is 2. The van der Waals surface area contributed by atoms with E-state index in [9.17, 15) is 9.59 Å². The van der Waals surface area contributed by atoms with Gasteiger partial charge in [0.1, 0.15) is 11.5 Å². The van der Waals surface area contributed by atoms with E-state index in [1.165, 1.54) is 0 Å². The number of fused-ring (bicyclic) bond motifs is 1. The largest absolute Gasteiger partial charge is 0.497 e. The van der Waals surface area contributed by atoms with Gasteiger partial charge in [-0.1, -0.05) is 38.1 Å². The number of carbonyl (C=O) groups is 2. The van der Waals surface area contributed by atoms with Gasteiger partial charge >= 0.3 is 6.03 Å². The molecule has 2 N–H and O–H groups in total. The molecule has 180 valence electrons. The van der Waals surface area contributed by atoms with Gasteiger partial charge in [0, 0.05) is 17.7 Å². The average molecular weight is 472 g/mol. The van der Waals surface area contributed by atoms with Crippen LogP contribution < -0.4 is 20.3 Å².